The number of pyridine rings is 1. The molecule has 0 aliphatic carbocycles. The van der Waals surface area contributed by atoms with Crippen molar-refractivity contribution >= 4 is 11.6 Å². The van der Waals surface area contributed by atoms with Crippen LogP contribution in [0.25, 0.3) is 0 Å². The zero-order valence-corrected chi connectivity index (χ0v) is 12.4. The Bertz CT molecular complexity index is 667. The number of aromatic nitrogens is 1. The minimum absolute atomic E-state index is 0.0286. The maximum atomic E-state index is 12.2. The van der Waals surface area contributed by atoms with Crippen LogP contribution >= 0.6 is 0 Å². The predicted octanol–water partition coefficient (Wildman–Crippen LogP) is 2.61. The van der Waals surface area contributed by atoms with E-state index in [1.165, 1.54) is 10.6 Å². The molecule has 0 saturated heterocycles. The van der Waals surface area contributed by atoms with E-state index < -0.39 is 0 Å². The second kappa shape index (κ2) is 6.88. The first-order valence-electron chi connectivity index (χ1n) is 7.21. The molecule has 1 heterocycles. The standard InChI is InChI=1S/C17H20N2O2/c1-3-13-8-7-9-14(4-2)17(13)18-15(20)12-19-11-6-5-10-16(19)21/h5-11H,3-4,12H2,1-2H3,(H,18,20). The van der Waals surface area contributed by atoms with E-state index in [0.717, 1.165) is 29.7 Å². The van der Waals surface area contributed by atoms with E-state index in [-0.39, 0.29) is 18.0 Å². The third kappa shape index (κ3) is 3.60. The fourth-order valence-corrected chi connectivity index (χ4v) is 2.33. The van der Waals surface area contributed by atoms with Crippen LogP contribution in [0.5, 0.6) is 0 Å². The number of nitrogens with one attached hydrogen (secondary N) is 1. The van der Waals surface area contributed by atoms with Crippen LogP contribution in [-0.4, -0.2) is 10.5 Å². The van der Waals surface area contributed by atoms with E-state index in [4.69, 9.17) is 0 Å². The van der Waals surface area contributed by atoms with Crippen molar-refractivity contribution in [3.63, 3.8) is 0 Å². The number of aryl methyl sites for hydroxylation is 2. The molecule has 110 valence electrons. The first-order chi connectivity index (χ1) is 10.2. The normalized spacial score (nSPS) is 10.4. The van der Waals surface area contributed by atoms with Crippen molar-refractivity contribution in [3.05, 3.63) is 64.1 Å². The summed E-state index contributed by atoms with van der Waals surface area (Å²) >= 11 is 0. The molecular formula is C17H20N2O2. The third-order valence-corrected chi connectivity index (χ3v) is 3.48. The minimum atomic E-state index is -0.182. The number of anilines is 1. The van der Waals surface area contributed by atoms with Gasteiger partial charge in [0.25, 0.3) is 5.56 Å². The Kier molecular flexibility index (Phi) is 4.93. The lowest BCUT2D eigenvalue weighted by molar-refractivity contribution is -0.116. The number of carbonyl (C=O) groups excluding carboxylic acids is 1. The highest BCUT2D eigenvalue weighted by Gasteiger charge is 2.10. The zero-order chi connectivity index (χ0) is 15.2. The lowest BCUT2D eigenvalue weighted by Crippen LogP contribution is -2.27. The summed E-state index contributed by atoms with van der Waals surface area (Å²) in [7, 11) is 0. The maximum Gasteiger partial charge on any atom is 0.250 e. The summed E-state index contributed by atoms with van der Waals surface area (Å²) in [5.41, 5.74) is 2.94. The summed E-state index contributed by atoms with van der Waals surface area (Å²) in [6.07, 6.45) is 3.33. The van der Waals surface area contributed by atoms with Crippen LogP contribution in [0, 0.1) is 0 Å². The molecule has 1 N–H and O–H groups in total. The Hall–Kier alpha value is -2.36. The van der Waals surface area contributed by atoms with Gasteiger partial charge in [0.05, 0.1) is 0 Å². The molecular weight excluding hydrogens is 264 g/mol. The van der Waals surface area contributed by atoms with Gasteiger partial charge in [0.2, 0.25) is 5.91 Å². The van der Waals surface area contributed by atoms with Gasteiger partial charge >= 0.3 is 0 Å². The number of rotatable bonds is 5. The molecule has 0 spiro atoms. The Balaban J connectivity index is 2.20. The van der Waals surface area contributed by atoms with E-state index in [1.807, 2.05) is 18.2 Å². The van der Waals surface area contributed by atoms with E-state index in [1.54, 1.807) is 18.3 Å². The van der Waals surface area contributed by atoms with Crippen LogP contribution in [0.15, 0.2) is 47.4 Å². The molecule has 4 heteroatoms. The topological polar surface area (TPSA) is 51.1 Å². The van der Waals surface area contributed by atoms with Crippen molar-refractivity contribution in [3.8, 4) is 0 Å². The molecule has 0 bridgehead atoms. The molecule has 0 aliphatic heterocycles. The molecule has 21 heavy (non-hydrogen) atoms. The first kappa shape index (κ1) is 15.0. The lowest BCUT2D eigenvalue weighted by Gasteiger charge is -2.14. The highest BCUT2D eigenvalue weighted by molar-refractivity contribution is 5.92. The average molecular weight is 284 g/mol. The number of nitrogens with zero attached hydrogens (tertiary/aromatic N) is 1. The van der Waals surface area contributed by atoms with Gasteiger partial charge in [0.1, 0.15) is 6.54 Å². The monoisotopic (exact) mass is 284 g/mol. The fourth-order valence-electron chi connectivity index (χ4n) is 2.33. The molecule has 0 saturated carbocycles. The molecule has 0 unspecified atom stereocenters. The number of amides is 1. The Morgan fingerprint density at radius 1 is 1.05 bits per heavy atom. The van der Waals surface area contributed by atoms with Gasteiger partial charge in [0.15, 0.2) is 0 Å². The zero-order valence-electron chi connectivity index (χ0n) is 12.4. The van der Waals surface area contributed by atoms with Crippen LogP contribution < -0.4 is 10.9 Å². The van der Waals surface area contributed by atoms with Crippen LogP contribution in [0.1, 0.15) is 25.0 Å². The Labute approximate surface area is 124 Å². The number of hydrogen-bond donors (Lipinski definition) is 1. The average Bonchev–Trinajstić information content (AvgIpc) is 2.49. The second-order valence-corrected chi connectivity index (χ2v) is 4.87. The Morgan fingerprint density at radius 3 is 2.29 bits per heavy atom. The van der Waals surface area contributed by atoms with Gasteiger partial charge in [-0.05, 0) is 30.0 Å². The van der Waals surface area contributed by atoms with Crippen molar-refractivity contribution in [2.75, 3.05) is 5.32 Å². The summed E-state index contributed by atoms with van der Waals surface area (Å²) in [6, 6.07) is 10.9. The van der Waals surface area contributed by atoms with Crippen LogP contribution in [-0.2, 0) is 24.2 Å². The lowest BCUT2D eigenvalue weighted by atomic mass is 10.0. The minimum Gasteiger partial charge on any atom is -0.324 e. The van der Waals surface area contributed by atoms with Crippen molar-refractivity contribution in [2.45, 2.75) is 33.2 Å². The number of hydrogen-bond acceptors (Lipinski definition) is 2. The van der Waals surface area contributed by atoms with Gasteiger partial charge in [-0.2, -0.15) is 0 Å². The molecule has 2 rings (SSSR count). The van der Waals surface area contributed by atoms with Gasteiger partial charge in [-0.15, -0.1) is 0 Å². The summed E-state index contributed by atoms with van der Waals surface area (Å²) in [5.74, 6) is -0.182. The van der Waals surface area contributed by atoms with Crippen molar-refractivity contribution in [2.24, 2.45) is 0 Å². The molecule has 0 fully saturated rings. The van der Waals surface area contributed by atoms with Gasteiger partial charge in [-0.1, -0.05) is 38.1 Å². The Morgan fingerprint density at radius 2 is 1.71 bits per heavy atom. The highest BCUT2D eigenvalue weighted by Crippen LogP contribution is 2.22. The molecule has 0 aliphatic rings. The molecule has 2 aromatic rings. The SMILES string of the molecule is CCc1cccc(CC)c1NC(=O)Cn1ccccc1=O. The van der Waals surface area contributed by atoms with Crippen molar-refractivity contribution in [1.82, 2.24) is 4.57 Å². The van der Waals surface area contributed by atoms with E-state index in [0.29, 0.717) is 0 Å². The maximum absolute atomic E-state index is 12.2. The van der Waals surface area contributed by atoms with Crippen molar-refractivity contribution in [1.29, 1.82) is 0 Å². The molecule has 1 aromatic heterocycles. The van der Waals surface area contributed by atoms with Gasteiger partial charge in [-0.3, -0.25) is 9.59 Å². The molecule has 4 nitrogen and oxygen atoms in total. The smallest absolute Gasteiger partial charge is 0.250 e. The van der Waals surface area contributed by atoms with E-state index in [9.17, 15) is 9.59 Å². The van der Waals surface area contributed by atoms with Gasteiger partial charge < -0.3 is 9.88 Å². The molecule has 1 amide bonds. The number of carbonyl (C=O) groups is 1. The van der Waals surface area contributed by atoms with Gasteiger partial charge in [-0.25, -0.2) is 0 Å². The van der Waals surface area contributed by atoms with Crippen LogP contribution in [0.3, 0.4) is 0 Å². The summed E-state index contributed by atoms with van der Waals surface area (Å²) in [5, 5.41) is 2.96. The quantitative estimate of drug-likeness (QED) is 0.917. The molecule has 0 radical (unpaired) electrons. The van der Waals surface area contributed by atoms with E-state index >= 15 is 0 Å². The summed E-state index contributed by atoms with van der Waals surface area (Å²) in [6.45, 7) is 4.15. The summed E-state index contributed by atoms with van der Waals surface area (Å²) < 4.78 is 1.40. The van der Waals surface area contributed by atoms with Crippen molar-refractivity contribution < 1.29 is 4.79 Å². The first-order valence-corrected chi connectivity index (χ1v) is 7.21. The van der Waals surface area contributed by atoms with Crippen LogP contribution in [0.2, 0.25) is 0 Å². The second-order valence-electron chi connectivity index (χ2n) is 4.87. The number of benzene rings is 1. The van der Waals surface area contributed by atoms with Crippen LogP contribution in [0.4, 0.5) is 5.69 Å². The van der Waals surface area contributed by atoms with Gasteiger partial charge in [0, 0.05) is 18.0 Å². The molecule has 1 aromatic carbocycles. The third-order valence-electron chi connectivity index (χ3n) is 3.48. The van der Waals surface area contributed by atoms with E-state index in [2.05, 4.69) is 19.2 Å². The fraction of sp³-hybridized carbons (Fsp3) is 0.294. The highest BCUT2D eigenvalue weighted by atomic mass is 16.2. The summed E-state index contributed by atoms with van der Waals surface area (Å²) in [4.78, 5) is 23.8. The molecule has 0 atom stereocenters. The number of para-hydroxylation sites is 1. The largest absolute Gasteiger partial charge is 0.324 e. The predicted molar refractivity (Wildman–Crippen MR) is 84.5 cm³/mol.